The molecule has 0 radical (unpaired) electrons. The van der Waals surface area contributed by atoms with Crippen molar-refractivity contribution in [2.24, 2.45) is 0 Å². The third-order valence-electron chi connectivity index (χ3n) is 4.04. The number of hydrogen-bond acceptors (Lipinski definition) is 5. The van der Waals surface area contributed by atoms with Crippen LogP contribution in [0, 0.1) is 13.8 Å². The van der Waals surface area contributed by atoms with Gasteiger partial charge in [-0.2, -0.15) is 0 Å². The molecule has 2 fully saturated rings. The molecule has 0 aromatic carbocycles. The van der Waals surface area contributed by atoms with Crippen LogP contribution in [0.2, 0.25) is 0 Å². The van der Waals surface area contributed by atoms with Crippen LogP contribution in [-0.4, -0.2) is 48.0 Å². The zero-order valence-corrected chi connectivity index (χ0v) is 12.6. The molecule has 2 aliphatic rings. The average molecular weight is 277 g/mol. The van der Waals surface area contributed by atoms with E-state index in [9.17, 15) is 0 Å². The smallest absolute Gasteiger partial charge is 0.150 e. The molecule has 2 aliphatic heterocycles. The van der Waals surface area contributed by atoms with Crippen LogP contribution in [0.15, 0.2) is 6.20 Å². The molecule has 5 heteroatoms. The lowest BCUT2D eigenvalue weighted by atomic mass is 9.93. The van der Waals surface area contributed by atoms with Gasteiger partial charge in [-0.15, -0.1) is 0 Å². The van der Waals surface area contributed by atoms with E-state index in [4.69, 9.17) is 9.47 Å². The van der Waals surface area contributed by atoms with Crippen molar-refractivity contribution in [3.63, 3.8) is 0 Å². The zero-order valence-electron chi connectivity index (χ0n) is 12.6. The first-order valence-electron chi connectivity index (χ1n) is 7.39. The topological polar surface area (TPSA) is 47.5 Å². The van der Waals surface area contributed by atoms with E-state index in [1.807, 2.05) is 20.0 Å². The Kier molecular flexibility index (Phi) is 3.65. The number of morpholine rings is 1. The van der Waals surface area contributed by atoms with Crippen molar-refractivity contribution in [3.8, 4) is 0 Å². The summed E-state index contributed by atoms with van der Waals surface area (Å²) < 4.78 is 11.9. The van der Waals surface area contributed by atoms with E-state index in [1.165, 1.54) is 0 Å². The summed E-state index contributed by atoms with van der Waals surface area (Å²) in [5.74, 6) is 0.991. The van der Waals surface area contributed by atoms with Gasteiger partial charge in [0.25, 0.3) is 0 Å². The Bertz CT molecular complexity index is 486. The number of nitrogens with zero attached hydrogens (tertiary/aromatic N) is 3. The summed E-state index contributed by atoms with van der Waals surface area (Å²) in [7, 11) is 0. The second-order valence-electron chi connectivity index (χ2n) is 6.07. The summed E-state index contributed by atoms with van der Waals surface area (Å²) in [6.07, 6.45) is 4.14. The van der Waals surface area contributed by atoms with E-state index in [2.05, 4.69) is 21.8 Å². The fraction of sp³-hybridized carbons (Fsp3) is 0.733. The van der Waals surface area contributed by atoms with E-state index in [-0.39, 0.29) is 11.7 Å². The molecule has 2 atom stereocenters. The fourth-order valence-electron chi connectivity index (χ4n) is 3.25. The number of aromatic nitrogens is 2. The predicted molar refractivity (Wildman–Crippen MR) is 77.1 cm³/mol. The van der Waals surface area contributed by atoms with Gasteiger partial charge in [0.05, 0.1) is 30.6 Å². The van der Waals surface area contributed by atoms with E-state index in [0.717, 1.165) is 49.7 Å². The Hall–Kier alpha value is -1.20. The molecule has 0 aliphatic carbocycles. The van der Waals surface area contributed by atoms with Crippen LogP contribution in [-0.2, 0) is 9.47 Å². The Morgan fingerprint density at radius 3 is 3.00 bits per heavy atom. The van der Waals surface area contributed by atoms with Gasteiger partial charge in [-0.25, -0.2) is 4.98 Å². The van der Waals surface area contributed by atoms with Crippen molar-refractivity contribution >= 4 is 5.82 Å². The maximum atomic E-state index is 6.22. The lowest BCUT2D eigenvalue weighted by molar-refractivity contribution is -0.160. The summed E-state index contributed by atoms with van der Waals surface area (Å²) >= 11 is 0. The maximum Gasteiger partial charge on any atom is 0.150 e. The molecule has 0 saturated carbocycles. The molecule has 3 rings (SSSR count). The van der Waals surface area contributed by atoms with Crippen molar-refractivity contribution in [1.82, 2.24) is 9.97 Å². The minimum absolute atomic E-state index is 0.173. The SMILES string of the molecule is Cc1cnc(C)c(N2C[C@H](C)O[C@]3(CCCOC3)C2)n1. The summed E-state index contributed by atoms with van der Waals surface area (Å²) in [5.41, 5.74) is 1.77. The third kappa shape index (κ3) is 2.65. The quantitative estimate of drug-likeness (QED) is 0.784. The van der Waals surface area contributed by atoms with Crippen molar-refractivity contribution < 1.29 is 9.47 Å². The molecular formula is C15H23N3O2. The molecule has 110 valence electrons. The highest BCUT2D eigenvalue weighted by Crippen LogP contribution is 2.32. The van der Waals surface area contributed by atoms with Crippen LogP contribution < -0.4 is 4.90 Å². The normalized spacial score (nSPS) is 30.8. The van der Waals surface area contributed by atoms with E-state index in [1.54, 1.807) is 0 Å². The third-order valence-corrected chi connectivity index (χ3v) is 4.04. The van der Waals surface area contributed by atoms with E-state index < -0.39 is 0 Å². The molecule has 0 amide bonds. The van der Waals surface area contributed by atoms with Gasteiger partial charge in [0, 0.05) is 19.3 Å². The highest BCUT2D eigenvalue weighted by molar-refractivity contribution is 5.44. The summed E-state index contributed by atoms with van der Waals surface area (Å²) in [6, 6.07) is 0. The number of aryl methyl sites for hydroxylation is 2. The van der Waals surface area contributed by atoms with Crippen LogP contribution in [0.3, 0.4) is 0 Å². The molecular weight excluding hydrogens is 254 g/mol. The van der Waals surface area contributed by atoms with Crippen molar-refractivity contribution in [3.05, 3.63) is 17.6 Å². The number of ether oxygens (including phenoxy) is 2. The molecule has 1 aromatic rings. The van der Waals surface area contributed by atoms with Crippen LogP contribution in [0.1, 0.15) is 31.2 Å². The molecule has 5 nitrogen and oxygen atoms in total. The van der Waals surface area contributed by atoms with Crippen molar-refractivity contribution in [2.75, 3.05) is 31.2 Å². The minimum atomic E-state index is -0.173. The monoisotopic (exact) mass is 277 g/mol. The summed E-state index contributed by atoms with van der Waals surface area (Å²) in [5, 5.41) is 0. The van der Waals surface area contributed by atoms with Crippen LogP contribution in [0.5, 0.6) is 0 Å². The highest BCUT2D eigenvalue weighted by Gasteiger charge is 2.41. The Morgan fingerprint density at radius 1 is 1.40 bits per heavy atom. The van der Waals surface area contributed by atoms with Gasteiger partial charge in [-0.3, -0.25) is 4.98 Å². The number of rotatable bonds is 1. The first-order valence-corrected chi connectivity index (χ1v) is 7.39. The van der Waals surface area contributed by atoms with Gasteiger partial charge in [-0.05, 0) is 33.6 Å². The van der Waals surface area contributed by atoms with Crippen molar-refractivity contribution in [1.29, 1.82) is 0 Å². The molecule has 20 heavy (non-hydrogen) atoms. The molecule has 3 heterocycles. The van der Waals surface area contributed by atoms with Crippen LogP contribution >= 0.6 is 0 Å². The summed E-state index contributed by atoms with van der Waals surface area (Å²) in [4.78, 5) is 11.4. The molecule has 0 N–H and O–H groups in total. The first-order chi connectivity index (χ1) is 9.58. The predicted octanol–water partition coefficient (Wildman–Crippen LogP) is 1.87. The standard InChI is InChI=1S/C15H23N3O2/c1-11-7-16-13(3)14(17-11)18-8-12(2)20-15(9-18)5-4-6-19-10-15/h7,12H,4-6,8-10H2,1-3H3/t12-,15+/m0/s1. The van der Waals surface area contributed by atoms with Crippen LogP contribution in [0.4, 0.5) is 5.82 Å². The maximum absolute atomic E-state index is 6.22. The van der Waals surface area contributed by atoms with Gasteiger partial charge in [0.15, 0.2) is 5.82 Å². The summed E-state index contributed by atoms with van der Waals surface area (Å²) in [6.45, 7) is 9.37. The zero-order chi connectivity index (χ0) is 14.2. The number of anilines is 1. The Morgan fingerprint density at radius 2 is 2.25 bits per heavy atom. The van der Waals surface area contributed by atoms with Crippen LogP contribution in [0.25, 0.3) is 0 Å². The fourth-order valence-corrected chi connectivity index (χ4v) is 3.25. The van der Waals surface area contributed by atoms with Gasteiger partial charge in [-0.1, -0.05) is 0 Å². The average Bonchev–Trinajstić information content (AvgIpc) is 2.41. The Labute approximate surface area is 120 Å². The lowest BCUT2D eigenvalue weighted by Crippen LogP contribution is -2.59. The number of hydrogen-bond donors (Lipinski definition) is 0. The largest absolute Gasteiger partial charge is 0.378 e. The minimum Gasteiger partial charge on any atom is -0.378 e. The van der Waals surface area contributed by atoms with Gasteiger partial charge in [0.2, 0.25) is 0 Å². The van der Waals surface area contributed by atoms with Gasteiger partial charge in [0.1, 0.15) is 5.60 Å². The second-order valence-corrected chi connectivity index (χ2v) is 6.07. The van der Waals surface area contributed by atoms with Gasteiger partial charge < -0.3 is 14.4 Å². The highest BCUT2D eigenvalue weighted by atomic mass is 16.6. The molecule has 1 aromatic heterocycles. The second kappa shape index (κ2) is 5.30. The molecule has 1 spiro atoms. The van der Waals surface area contributed by atoms with Gasteiger partial charge >= 0.3 is 0 Å². The van der Waals surface area contributed by atoms with Crippen molar-refractivity contribution in [2.45, 2.75) is 45.3 Å². The first kappa shape index (κ1) is 13.8. The molecule has 2 saturated heterocycles. The van der Waals surface area contributed by atoms with E-state index in [0.29, 0.717) is 6.61 Å². The molecule has 0 unspecified atom stereocenters. The lowest BCUT2D eigenvalue weighted by Gasteiger charge is -2.47. The Balaban J connectivity index is 1.87. The van der Waals surface area contributed by atoms with E-state index >= 15 is 0 Å². The molecule has 0 bridgehead atoms.